The van der Waals surface area contributed by atoms with Crippen LogP contribution < -0.4 is 5.73 Å². The molecule has 1 saturated heterocycles. The van der Waals surface area contributed by atoms with Crippen LogP contribution in [0.3, 0.4) is 0 Å². The summed E-state index contributed by atoms with van der Waals surface area (Å²) < 4.78 is 0. The number of amides is 1. The minimum atomic E-state index is -0.844. The molecule has 1 aliphatic heterocycles. The van der Waals surface area contributed by atoms with E-state index in [1.165, 1.54) is 13.3 Å². The number of carbonyl (C=O) groups is 1. The number of nitrogens with two attached hydrogens (primary N) is 1. The van der Waals surface area contributed by atoms with Crippen LogP contribution in [0.4, 0.5) is 0 Å². The van der Waals surface area contributed by atoms with Crippen LogP contribution >= 0.6 is 0 Å². The number of likely N-dealkylation sites (tertiary alicyclic amines) is 1. The SMILES string of the molecule is C[C@@H](O)C(C(N)=O)N1CC2(CCCCC2)C1O. The number of aliphatic hydroxyl groups excluding tert-OH is 2. The molecule has 0 aromatic heterocycles. The van der Waals surface area contributed by atoms with Crippen LogP contribution in [0.5, 0.6) is 0 Å². The van der Waals surface area contributed by atoms with Crippen LogP contribution in [-0.4, -0.2) is 45.9 Å². The Morgan fingerprint density at radius 2 is 2.00 bits per heavy atom. The Bertz CT molecular complexity index is 300. The topological polar surface area (TPSA) is 86.8 Å². The number of primary amides is 1. The summed E-state index contributed by atoms with van der Waals surface area (Å²) in [5.74, 6) is -0.565. The Morgan fingerprint density at radius 1 is 1.41 bits per heavy atom. The van der Waals surface area contributed by atoms with Gasteiger partial charge in [-0.1, -0.05) is 19.3 Å². The molecule has 2 rings (SSSR count). The lowest BCUT2D eigenvalue weighted by atomic mass is 9.66. The van der Waals surface area contributed by atoms with E-state index in [4.69, 9.17) is 5.73 Å². The van der Waals surface area contributed by atoms with Gasteiger partial charge in [0, 0.05) is 12.0 Å². The number of hydrogen-bond donors (Lipinski definition) is 3. The van der Waals surface area contributed by atoms with E-state index in [2.05, 4.69) is 0 Å². The maximum absolute atomic E-state index is 11.3. The van der Waals surface area contributed by atoms with Crippen molar-refractivity contribution in [3.8, 4) is 0 Å². The molecule has 2 fully saturated rings. The minimum absolute atomic E-state index is 0.0547. The van der Waals surface area contributed by atoms with E-state index in [0.29, 0.717) is 6.54 Å². The first kappa shape index (κ1) is 12.8. The maximum atomic E-state index is 11.3. The Morgan fingerprint density at radius 3 is 2.41 bits per heavy atom. The van der Waals surface area contributed by atoms with Gasteiger partial charge >= 0.3 is 0 Å². The summed E-state index contributed by atoms with van der Waals surface area (Å²) in [7, 11) is 0. The zero-order valence-electron chi connectivity index (χ0n) is 10.3. The summed E-state index contributed by atoms with van der Waals surface area (Å²) in [6.45, 7) is 2.21. The van der Waals surface area contributed by atoms with Gasteiger partial charge in [-0.15, -0.1) is 0 Å². The highest BCUT2D eigenvalue weighted by Gasteiger charge is 2.55. The zero-order chi connectivity index (χ0) is 12.6. The van der Waals surface area contributed by atoms with E-state index in [-0.39, 0.29) is 5.41 Å². The van der Waals surface area contributed by atoms with E-state index in [9.17, 15) is 15.0 Å². The lowest BCUT2D eigenvalue weighted by Crippen LogP contribution is -2.71. The molecular weight excluding hydrogens is 220 g/mol. The average Bonchev–Trinajstić information content (AvgIpc) is 2.28. The molecule has 3 atom stereocenters. The van der Waals surface area contributed by atoms with Gasteiger partial charge in [0.05, 0.1) is 6.10 Å². The smallest absolute Gasteiger partial charge is 0.237 e. The Kier molecular flexibility index (Phi) is 3.43. The number of nitrogens with zero attached hydrogens (tertiary/aromatic N) is 1. The molecule has 1 amide bonds. The van der Waals surface area contributed by atoms with Gasteiger partial charge in [0.2, 0.25) is 5.91 Å². The molecule has 17 heavy (non-hydrogen) atoms. The van der Waals surface area contributed by atoms with Gasteiger partial charge in [-0.25, -0.2) is 0 Å². The van der Waals surface area contributed by atoms with Gasteiger partial charge < -0.3 is 15.9 Å². The zero-order valence-corrected chi connectivity index (χ0v) is 10.3. The van der Waals surface area contributed by atoms with Crippen molar-refractivity contribution < 1.29 is 15.0 Å². The van der Waals surface area contributed by atoms with E-state index in [0.717, 1.165) is 25.7 Å². The number of carbonyl (C=O) groups excluding carboxylic acids is 1. The fourth-order valence-electron chi connectivity index (χ4n) is 3.37. The van der Waals surface area contributed by atoms with Crippen molar-refractivity contribution in [1.29, 1.82) is 0 Å². The van der Waals surface area contributed by atoms with Crippen molar-refractivity contribution in [2.45, 2.75) is 57.4 Å². The summed E-state index contributed by atoms with van der Waals surface area (Å²) >= 11 is 0. The highest BCUT2D eigenvalue weighted by Crippen LogP contribution is 2.48. The van der Waals surface area contributed by atoms with Gasteiger partial charge in [0.1, 0.15) is 12.3 Å². The molecule has 1 aliphatic carbocycles. The average molecular weight is 242 g/mol. The Balaban J connectivity index is 2.04. The molecule has 2 aliphatic rings. The summed E-state index contributed by atoms with van der Waals surface area (Å²) in [6, 6.07) is -0.766. The van der Waals surface area contributed by atoms with Gasteiger partial charge in [-0.3, -0.25) is 9.69 Å². The normalized spacial score (nSPS) is 31.8. The fourth-order valence-corrected chi connectivity index (χ4v) is 3.37. The molecule has 0 aromatic carbocycles. The van der Waals surface area contributed by atoms with Crippen molar-refractivity contribution in [1.82, 2.24) is 4.90 Å². The predicted molar refractivity (Wildman–Crippen MR) is 62.9 cm³/mol. The molecule has 1 saturated carbocycles. The first-order valence-corrected chi connectivity index (χ1v) is 6.39. The standard InChI is InChI=1S/C12H22N2O3/c1-8(15)9(10(13)16)14-7-12(11(14)17)5-3-2-4-6-12/h8-9,11,15,17H,2-7H2,1H3,(H2,13,16)/t8-,9?,11?/m1/s1. The van der Waals surface area contributed by atoms with Crippen LogP contribution in [0, 0.1) is 5.41 Å². The van der Waals surface area contributed by atoms with E-state index in [1.807, 2.05) is 0 Å². The second-order valence-electron chi connectivity index (χ2n) is 5.56. The first-order valence-electron chi connectivity index (χ1n) is 6.39. The molecule has 1 spiro atoms. The molecule has 98 valence electrons. The number of rotatable bonds is 3. The molecule has 0 aromatic rings. The lowest BCUT2D eigenvalue weighted by molar-refractivity contribution is -0.231. The van der Waals surface area contributed by atoms with E-state index in [1.54, 1.807) is 4.90 Å². The minimum Gasteiger partial charge on any atom is -0.391 e. The molecule has 0 bridgehead atoms. The first-order chi connectivity index (χ1) is 7.98. The molecule has 1 heterocycles. The van der Waals surface area contributed by atoms with Crippen LogP contribution in [-0.2, 0) is 4.79 Å². The Labute approximate surface area is 102 Å². The maximum Gasteiger partial charge on any atom is 0.237 e. The summed E-state index contributed by atoms with van der Waals surface area (Å²) in [4.78, 5) is 12.9. The van der Waals surface area contributed by atoms with Crippen LogP contribution in [0.25, 0.3) is 0 Å². The monoisotopic (exact) mass is 242 g/mol. The second kappa shape index (κ2) is 4.55. The van der Waals surface area contributed by atoms with Crippen molar-refractivity contribution in [3.05, 3.63) is 0 Å². The second-order valence-corrected chi connectivity index (χ2v) is 5.56. The molecule has 5 heteroatoms. The summed E-state index contributed by atoms with van der Waals surface area (Å²) in [6.07, 6.45) is 4.05. The number of aliphatic hydroxyl groups is 2. The summed E-state index contributed by atoms with van der Waals surface area (Å²) in [5.41, 5.74) is 5.22. The number of hydrogen-bond acceptors (Lipinski definition) is 4. The van der Waals surface area contributed by atoms with Crippen molar-refractivity contribution in [2.75, 3.05) is 6.54 Å². The predicted octanol–water partition coefficient (Wildman–Crippen LogP) is -0.194. The van der Waals surface area contributed by atoms with Gasteiger partial charge in [-0.05, 0) is 19.8 Å². The van der Waals surface area contributed by atoms with Gasteiger partial charge in [0.25, 0.3) is 0 Å². The fraction of sp³-hybridized carbons (Fsp3) is 0.917. The van der Waals surface area contributed by atoms with Crippen LogP contribution in [0.2, 0.25) is 0 Å². The van der Waals surface area contributed by atoms with E-state index >= 15 is 0 Å². The molecule has 0 radical (unpaired) electrons. The highest BCUT2D eigenvalue weighted by molar-refractivity contribution is 5.80. The highest BCUT2D eigenvalue weighted by atomic mass is 16.3. The van der Waals surface area contributed by atoms with Crippen molar-refractivity contribution in [3.63, 3.8) is 0 Å². The molecular formula is C12H22N2O3. The lowest BCUT2D eigenvalue weighted by Gasteiger charge is -2.58. The molecule has 2 unspecified atom stereocenters. The van der Waals surface area contributed by atoms with E-state index < -0.39 is 24.3 Å². The Hall–Kier alpha value is -0.650. The molecule has 5 nitrogen and oxygen atoms in total. The quantitative estimate of drug-likeness (QED) is 0.640. The largest absolute Gasteiger partial charge is 0.391 e. The van der Waals surface area contributed by atoms with Crippen LogP contribution in [0.15, 0.2) is 0 Å². The van der Waals surface area contributed by atoms with Crippen molar-refractivity contribution in [2.24, 2.45) is 11.1 Å². The van der Waals surface area contributed by atoms with Crippen molar-refractivity contribution >= 4 is 5.91 Å². The van der Waals surface area contributed by atoms with Gasteiger partial charge in [-0.2, -0.15) is 0 Å². The third-order valence-electron chi connectivity index (χ3n) is 4.31. The molecule has 4 N–H and O–H groups in total. The third kappa shape index (κ3) is 2.07. The summed E-state index contributed by atoms with van der Waals surface area (Å²) in [5, 5.41) is 19.8. The van der Waals surface area contributed by atoms with Gasteiger partial charge in [0.15, 0.2) is 0 Å². The third-order valence-corrected chi connectivity index (χ3v) is 4.31. The van der Waals surface area contributed by atoms with Crippen LogP contribution in [0.1, 0.15) is 39.0 Å².